The van der Waals surface area contributed by atoms with Gasteiger partial charge in [-0.1, -0.05) is 49.7 Å². The molecule has 31 heavy (non-hydrogen) atoms. The molecule has 0 spiro atoms. The van der Waals surface area contributed by atoms with Gasteiger partial charge in [-0.3, -0.25) is 9.69 Å². The number of hydrogen-bond donors (Lipinski definition) is 1. The van der Waals surface area contributed by atoms with Crippen molar-refractivity contribution in [2.24, 2.45) is 11.1 Å². The van der Waals surface area contributed by atoms with Crippen LogP contribution in [0.4, 0.5) is 5.69 Å². The van der Waals surface area contributed by atoms with Crippen molar-refractivity contribution < 1.29 is 4.79 Å². The highest BCUT2D eigenvalue weighted by atomic mass is 79.9. The zero-order chi connectivity index (χ0) is 22.5. The molecule has 4 rings (SSSR count). The number of aryl methyl sites for hydroxylation is 2. The Labute approximate surface area is 192 Å². The van der Waals surface area contributed by atoms with Gasteiger partial charge in [-0.05, 0) is 64.9 Å². The number of allylic oxidation sites excluding steroid dienone is 3. The Kier molecular flexibility index (Phi) is 5.31. The SMILES string of the molecule is Cc1ccc(C)c(C2C(C#N)=C(N)N(c3ccccc3Br)C3=C2C(=O)CC(C)(C)C3)c1. The molecule has 1 unspecified atom stereocenters. The monoisotopic (exact) mass is 475 g/mol. The largest absolute Gasteiger partial charge is 0.384 e. The summed E-state index contributed by atoms with van der Waals surface area (Å²) in [6.07, 6.45) is 1.16. The molecule has 5 heteroatoms. The first-order chi connectivity index (χ1) is 14.6. The Hall–Kier alpha value is -2.84. The Morgan fingerprint density at radius 2 is 1.87 bits per heavy atom. The van der Waals surface area contributed by atoms with E-state index in [2.05, 4.69) is 48.0 Å². The highest BCUT2D eigenvalue weighted by Crippen LogP contribution is 2.51. The van der Waals surface area contributed by atoms with Gasteiger partial charge >= 0.3 is 0 Å². The molecule has 2 N–H and O–H groups in total. The third kappa shape index (κ3) is 3.59. The van der Waals surface area contributed by atoms with Gasteiger partial charge in [0.05, 0.1) is 23.2 Å². The molecule has 0 radical (unpaired) electrons. The zero-order valence-corrected chi connectivity index (χ0v) is 19.9. The fourth-order valence-corrected chi connectivity index (χ4v) is 5.26. The lowest BCUT2D eigenvalue weighted by Gasteiger charge is -2.44. The van der Waals surface area contributed by atoms with Crippen LogP contribution in [0.15, 0.2) is 69.6 Å². The maximum atomic E-state index is 13.6. The van der Waals surface area contributed by atoms with Crippen LogP contribution in [0, 0.1) is 30.6 Å². The van der Waals surface area contributed by atoms with Crippen molar-refractivity contribution in [1.29, 1.82) is 5.26 Å². The van der Waals surface area contributed by atoms with Crippen molar-refractivity contribution >= 4 is 27.4 Å². The molecule has 0 bridgehead atoms. The average molecular weight is 476 g/mol. The van der Waals surface area contributed by atoms with E-state index in [1.807, 2.05) is 49.1 Å². The van der Waals surface area contributed by atoms with Crippen LogP contribution in [0.5, 0.6) is 0 Å². The number of Topliss-reactive ketones (excluding diaryl/α,β-unsaturated/α-hetero) is 1. The van der Waals surface area contributed by atoms with Crippen LogP contribution >= 0.6 is 15.9 Å². The first kappa shape index (κ1) is 21.4. The van der Waals surface area contributed by atoms with E-state index >= 15 is 0 Å². The van der Waals surface area contributed by atoms with Crippen molar-refractivity contribution in [3.05, 3.63) is 86.3 Å². The summed E-state index contributed by atoms with van der Waals surface area (Å²) in [6, 6.07) is 16.3. The first-order valence-electron chi connectivity index (χ1n) is 10.4. The highest BCUT2D eigenvalue weighted by Gasteiger charge is 2.45. The van der Waals surface area contributed by atoms with Gasteiger partial charge in [0.1, 0.15) is 5.82 Å². The predicted molar refractivity (Wildman–Crippen MR) is 127 cm³/mol. The second kappa shape index (κ2) is 7.69. The molecule has 1 atom stereocenters. The minimum absolute atomic E-state index is 0.0921. The van der Waals surface area contributed by atoms with Crippen LogP contribution in [0.1, 0.15) is 49.3 Å². The van der Waals surface area contributed by atoms with Crippen molar-refractivity contribution in [3.63, 3.8) is 0 Å². The standard InChI is InChI=1S/C26H26BrN3O/c1-15-9-10-16(2)17(11-15)23-18(14-28)25(29)30(20-8-6-5-7-19(20)27)21-12-26(3,4)13-22(31)24(21)23/h5-11,23H,12-13,29H2,1-4H3. The van der Waals surface area contributed by atoms with Crippen LogP contribution in [0.25, 0.3) is 0 Å². The van der Waals surface area contributed by atoms with E-state index in [4.69, 9.17) is 5.73 Å². The maximum absolute atomic E-state index is 13.6. The number of carbonyl (C=O) groups is 1. The summed E-state index contributed by atoms with van der Waals surface area (Å²) in [6.45, 7) is 8.27. The van der Waals surface area contributed by atoms with Gasteiger partial charge in [0, 0.05) is 22.2 Å². The topological polar surface area (TPSA) is 70.1 Å². The summed E-state index contributed by atoms with van der Waals surface area (Å²) < 4.78 is 0.864. The molecule has 0 amide bonds. The summed E-state index contributed by atoms with van der Waals surface area (Å²) in [4.78, 5) is 15.5. The quantitative estimate of drug-likeness (QED) is 0.577. The normalized spacial score (nSPS) is 20.6. The van der Waals surface area contributed by atoms with E-state index in [-0.39, 0.29) is 11.2 Å². The molecule has 1 aliphatic carbocycles. The molecule has 2 aliphatic rings. The fraction of sp³-hybridized carbons (Fsp3) is 0.308. The van der Waals surface area contributed by atoms with Crippen molar-refractivity contribution in [3.8, 4) is 6.07 Å². The average Bonchev–Trinajstić information content (AvgIpc) is 2.69. The van der Waals surface area contributed by atoms with Gasteiger partial charge in [-0.2, -0.15) is 5.26 Å². The van der Waals surface area contributed by atoms with Crippen LogP contribution in [0.2, 0.25) is 0 Å². The Morgan fingerprint density at radius 1 is 1.16 bits per heavy atom. The molecule has 1 heterocycles. The molecule has 2 aromatic rings. The number of para-hydroxylation sites is 1. The predicted octanol–water partition coefficient (Wildman–Crippen LogP) is 6.01. The second-order valence-corrected chi connectivity index (χ2v) is 10.1. The van der Waals surface area contributed by atoms with E-state index in [1.165, 1.54) is 0 Å². The number of rotatable bonds is 2. The molecule has 2 aromatic carbocycles. The summed E-state index contributed by atoms with van der Waals surface area (Å²) >= 11 is 3.63. The first-order valence-corrected chi connectivity index (χ1v) is 11.2. The number of benzene rings is 2. The number of nitrogens with zero attached hydrogens (tertiary/aromatic N) is 2. The van der Waals surface area contributed by atoms with Gasteiger partial charge in [0.25, 0.3) is 0 Å². The lowest BCUT2D eigenvalue weighted by Crippen LogP contribution is -2.42. The molecule has 0 saturated heterocycles. The number of carbonyl (C=O) groups excluding carboxylic acids is 1. The summed E-state index contributed by atoms with van der Waals surface area (Å²) in [5, 5.41) is 10.2. The molecular formula is C26H26BrN3O. The molecule has 0 aromatic heterocycles. The van der Waals surface area contributed by atoms with E-state index in [0.29, 0.717) is 29.8 Å². The van der Waals surface area contributed by atoms with Crippen LogP contribution in [0.3, 0.4) is 0 Å². The maximum Gasteiger partial charge on any atom is 0.162 e. The lowest BCUT2D eigenvalue weighted by atomic mass is 9.68. The smallest absolute Gasteiger partial charge is 0.162 e. The number of nitriles is 1. The lowest BCUT2D eigenvalue weighted by molar-refractivity contribution is -0.118. The minimum atomic E-state index is -0.442. The Bertz CT molecular complexity index is 1200. The van der Waals surface area contributed by atoms with Crippen molar-refractivity contribution in [2.45, 2.75) is 46.5 Å². The molecular weight excluding hydrogens is 450 g/mol. The fourth-order valence-electron chi connectivity index (χ4n) is 4.80. The zero-order valence-electron chi connectivity index (χ0n) is 18.3. The Balaban J connectivity index is 2.06. The third-order valence-corrected chi connectivity index (χ3v) is 6.89. The van der Waals surface area contributed by atoms with Crippen LogP contribution in [-0.4, -0.2) is 5.78 Å². The molecule has 0 saturated carbocycles. The molecule has 1 aliphatic heterocycles. The number of halogens is 1. The van der Waals surface area contributed by atoms with Crippen molar-refractivity contribution in [1.82, 2.24) is 0 Å². The van der Waals surface area contributed by atoms with Gasteiger partial charge in [0.2, 0.25) is 0 Å². The minimum Gasteiger partial charge on any atom is -0.384 e. The third-order valence-electron chi connectivity index (χ3n) is 6.22. The second-order valence-electron chi connectivity index (χ2n) is 9.29. The van der Waals surface area contributed by atoms with E-state index in [0.717, 1.165) is 32.5 Å². The van der Waals surface area contributed by atoms with Crippen LogP contribution in [-0.2, 0) is 4.79 Å². The van der Waals surface area contributed by atoms with E-state index in [1.54, 1.807) is 0 Å². The van der Waals surface area contributed by atoms with Gasteiger partial charge in [-0.15, -0.1) is 0 Å². The highest BCUT2D eigenvalue weighted by molar-refractivity contribution is 9.10. The number of anilines is 1. The number of ketones is 1. The van der Waals surface area contributed by atoms with E-state index < -0.39 is 5.92 Å². The van der Waals surface area contributed by atoms with Gasteiger partial charge < -0.3 is 5.73 Å². The summed E-state index contributed by atoms with van der Waals surface area (Å²) in [5.74, 6) is 0.0428. The molecule has 4 nitrogen and oxygen atoms in total. The molecule has 158 valence electrons. The van der Waals surface area contributed by atoms with E-state index in [9.17, 15) is 10.1 Å². The summed E-state index contributed by atoms with van der Waals surface area (Å²) in [5.41, 5.74) is 12.5. The van der Waals surface area contributed by atoms with Gasteiger partial charge in [0.15, 0.2) is 5.78 Å². The van der Waals surface area contributed by atoms with Crippen LogP contribution < -0.4 is 10.6 Å². The number of hydrogen-bond acceptors (Lipinski definition) is 4. The number of nitrogens with two attached hydrogens (primary N) is 1. The molecule has 0 fully saturated rings. The Morgan fingerprint density at radius 3 is 2.55 bits per heavy atom. The van der Waals surface area contributed by atoms with Crippen molar-refractivity contribution in [2.75, 3.05) is 4.90 Å². The van der Waals surface area contributed by atoms with Gasteiger partial charge in [-0.25, -0.2) is 0 Å². The summed E-state index contributed by atoms with van der Waals surface area (Å²) in [7, 11) is 0.